The van der Waals surface area contributed by atoms with Crippen molar-refractivity contribution in [3.63, 3.8) is 0 Å². The van der Waals surface area contributed by atoms with Gasteiger partial charge in [0, 0.05) is 26.1 Å². The number of aldehydes is 1. The van der Waals surface area contributed by atoms with Gasteiger partial charge in [-0.15, -0.1) is 0 Å². The second-order valence-electron chi connectivity index (χ2n) is 18.7. The van der Waals surface area contributed by atoms with Crippen molar-refractivity contribution in [2.45, 2.75) is 145 Å². The molecule has 32 nitrogen and oxygen atoms in total. The number of benzene rings is 1. The number of phenolic OH excluding ortho intramolecular Hbond substituents is 1. The first-order chi connectivity index (χ1) is 37.2. The maximum absolute atomic E-state index is 15.0. The Labute approximate surface area is 452 Å². The summed E-state index contributed by atoms with van der Waals surface area (Å²) >= 11 is 0. The molecule has 1 aromatic rings. The minimum atomic E-state index is -2.22. The lowest BCUT2D eigenvalue weighted by molar-refractivity contribution is -0.149. The number of carboxylic acids is 3. The molecule has 10 atom stereocenters. The number of nitrogens with zero attached hydrogens (tertiary/aromatic N) is 4. The molecule has 2 saturated heterocycles. The Balaban J connectivity index is 2.30. The van der Waals surface area contributed by atoms with Gasteiger partial charge in [0.15, 0.2) is 11.9 Å². The highest BCUT2D eigenvalue weighted by Crippen LogP contribution is 2.21. The van der Waals surface area contributed by atoms with Crippen molar-refractivity contribution in [3.8, 4) is 5.75 Å². The number of Topliss-reactive ketones (excluding diaryl/α,β-unsaturated/α-hetero) is 2. The number of nitrogens with two attached hydrogens (primary N) is 4. The molecule has 2 heterocycles. The molecule has 2 fully saturated rings. The molecule has 0 aliphatic carbocycles. The number of carbonyl (C=O) groups is 12. The summed E-state index contributed by atoms with van der Waals surface area (Å²) < 4.78 is 0. The Hall–Kier alpha value is -8.36. The summed E-state index contributed by atoms with van der Waals surface area (Å²) in [5.41, 5.74) is 24.7. The maximum atomic E-state index is 15.0. The SMILES string of the molecule is CC1N[C@@H](CCC(=O)O)C(=O)N2CCC[C@H]2C(=O)N[C@@H](CCCN=C(N)N)C(=O)NCC(=O)N[C@@H](CC(=O)O)C(=O)C(=O)[C@H]([C@H](C)O)NC(=O)[C@H](Cc2ccc(O)cc2)NN([C@H](C=O)CCCN=C(N)N)C(=O)[C@H](CC(=O)O)N1. The highest BCUT2D eigenvalue weighted by molar-refractivity contribution is 6.42. The number of aromatic hydroxyl groups is 1. The van der Waals surface area contributed by atoms with E-state index in [2.05, 4.69) is 47.3 Å². The molecule has 0 radical (unpaired) electrons. The van der Waals surface area contributed by atoms with Crippen LogP contribution < -0.4 is 60.3 Å². The average Bonchev–Trinajstić information content (AvgIpc) is 3.88. The monoisotopic (exact) mass is 1120 g/mol. The van der Waals surface area contributed by atoms with Gasteiger partial charge >= 0.3 is 17.9 Å². The minimum absolute atomic E-state index is 0.0132. The molecule has 0 aromatic heterocycles. The fraction of sp³-hybridized carbons (Fsp3) is 0.574. The van der Waals surface area contributed by atoms with E-state index >= 15 is 0 Å². The Morgan fingerprint density at radius 2 is 1.34 bits per heavy atom. The van der Waals surface area contributed by atoms with Crippen LogP contribution in [0, 0.1) is 0 Å². The topological polar surface area (TPSA) is 525 Å². The maximum Gasteiger partial charge on any atom is 0.305 e. The van der Waals surface area contributed by atoms with Crippen molar-refractivity contribution in [2.75, 3.05) is 26.2 Å². The van der Waals surface area contributed by atoms with E-state index in [1.54, 1.807) is 0 Å². The van der Waals surface area contributed by atoms with E-state index in [-0.39, 0.29) is 87.7 Å². The lowest BCUT2D eigenvalue weighted by Crippen LogP contribution is -2.65. The molecule has 3 rings (SSSR count). The predicted octanol–water partition coefficient (Wildman–Crippen LogP) is -6.52. The quantitative estimate of drug-likeness (QED) is 0.0190. The number of amides is 6. The number of carbonyl (C=O) groups excluding carboxylic acids is 9. The number of aliphatic hydroxyl groups excluding tert-OH is 1. The Bertz CT molecular complexity index is 2430. The van der Waals surface area contributed by atoms with Crippen LogP contribution in [-0.2, 0) is 64.0 Å². The zero-order valence-electron chi connectivity index (χ0n) is 43.5. The fourth-order valence-electron chi connectivity index (χ4n) is 8.53. The Kier molecular flexibility index (Phi) is 26.1. The normalized spacial score (nSPS) is 24.4. The number of hydrogen-bond acceptors (Lipinski definition) is 19. The number of guanidine groups is 2. The number of aliphatic imine (C=N–C) groups is 2. The number of aliphatic carboxylic acids is 3. The summed E-state index contributed by atoms with van der Waals surface area (Å²) in [6.07, 6.45) is -6.85. The second kappa shape index (κ2) is 31.8. The van der Waals surface area contributed by atoms with E-state index in [4.69, 9.17) is 22.9 Å². The van der Waals surface area contributed by atoms with E-state index in [0.29, 0.717) is 5.01 Å². The van der Waals surface area contributed by atoms with Crippen molar-refractivity contribution in [1.29, 1.82) is 0 Å². The summed E-state index contributed by atoms with van der Waals surface area (Å²) in [5, 5.41) is 65.8. The van der Waals surface area contributed by atoms with Gasteiger partial charge in [0.25, 0.3) is 5.91 Å². The number of carboxylic acid groups (broad SMARTS) is 3. The molecule has 2 aliphatic heterocycles. The van der Waals surface area contributed by atoms with Crippen LogP contribution in [0.4, 0.5) is 0 Å². The zero-order chi connectivity index (χ0) is 59.1. The number of fused-ring (bicyclic) bond motifs is 1. The average molecular weight is 1120 g/mol. The predicted molar refractivity (Wildman–Crippen MR) is 275 cm³/mol. The van der Waals surface area contributed by atoms with Crippen molar-refractivity contribution < 1.29 is 83.1 Å². The van der Waals surface area contributed by atoms with Gasteiger partial charge in [-0.1, -0.05) is 12.1 Å². The molecule has 20 N–H and O–H groups in total. The summed E-state index contributed by atoms with van der Waals surface area (Å²) in [4.78, 5) is 171. The number of rotatable bonds is 20. The number of hydrogen-bond donors (Lipinski definition) is 16. The number of hydrazine groups is 1. The highest BCUT2D eigenvalue weighted by Gasteiger charge is 2.42. The number of ketones is 2. The lowest BCUT2D eigenvalue weighted by atomic mass is 9.96. The zero-order valence-corrected chi connectivity index (χ0v) is 43.5. The smallest absolute Gasteiger partial charge is 0.305 e. The number of nitrogens with one attached hydrogen (secondary N) is 7. The van der Waals surface area contributed by atoms with Crippen molar-refractivity contribution >= 4 is 83.1 Å². The summed E-state index contributed by atoms with van der Waals surface area (Å²) in [7, 11) is 0. The fourth-order valence-corrected chi connectivity index (χ4v) is 8.53. The molecule has 2 aliphatic rings. The van der Waals surface area contributed by atoms with E-state index in [0.717, 1.165) is 11.8 Å². The molecular weight excluding hydrogens is 1050 g/mol. The summed E-state index contributed by atoms with van der Waals surface area (Å²) in [6.45, 7) is 1.16. The van der Waals surface area contributed by atoms with E-state index in [1.165, 1.54) is 31.2 Å². The third-order valence-corrected chi connectivity index (χ3v) is 12.4. The van der Waals surface area contributed by atoms with Gasteiger partial charge < -0.3 is 79.4 Å². The molecular formula is C47H71N15O17. The molecule has 79 heavy (non-hydrogen) atoms. The molecule has 0 saturated carbocycles. The van der Waals surface area contributed by atoms with Gasteiger partial charge in [-0.2, -0.15) is 0 Å². The van der Waals surface area contributed by atoms with E-state index in [1.807, 2.05) is 0 Å². The van der Waals surface area contributed by atoms with Gasteiger partial charge in [0.2, 0.25) is 41.1 Å². The third kappa shape index (κ3) is 21.5. The van der Waals surface area contributed by atoms with Gasteiger partial charge in [-0.25, -0.2) is 5.43 Å². The van der Waals surface area contributed by atoms with Gasteiger partial charge in [0.05, 0.1) is 43.7 Å². The first-order valence-corrected chi connectivity index (χ1v) is 25.1. The van der Waals surface area contributed by atoms with Crippen LogP contribution in [0.2, 0.25) is 0 Å². The van der Waals surface area contributed by atoms with E-state index in [9.17, 15) is 83.1 Å². The molecule has 436 valence electrons. The van der Waals surface area contributed by atoms with Gasteiger partial charge in [-0.05, 0) is 82.9 Å². The van der Waals surface area contributed by atoms with Gasteiger partial charge in [0.1, 0.15) is 48.3 Å². The Morgan fingerprint density at radius 1 is 0.734 bits per heavy atom. The molecule has 32 heteroatoms. The van der Waals surface area contributed by atoms with Crippen LogP contribution in [0.3, 0.4) is 0 Å². The van der Waals surface area contributed by atoms with Crippen LogP contribution in [0.15, 0.2) is 34.3 Å². The van der Waals surface area contributed by atoms with Crippen molar-refractivity contribution in [1.82, 2.24) is 47.2 Å². The lowest BCUT2D eigenvalue weighted by Gasteiger charge is -2.36. The molecule has 1 unspecified atom stereocenters. The summed E-state index contributed by atoms with van der Waals surface area (Å²) in [5.74, 6) is -15.1. The van der Waals surface area contributed by atoms with Crippen LogP contribution >= 0.6 is 0 Å². The first-order valence-electron chi connectivity index (χ1n) is 25.1. The van der Waals surface area contributed by atoms with E-state index < -0.39 is 164 Å². The highest BCUT2D eigenvalue weighted by atomic mass is 16.4. The molecule has 1 aromatic carbocycles. The van der Waals surface area contributed by atoms with Crippen molar-refractivity contribution in [3.05, 3.63) is 29.8 Å². The number of phenols is 1. The van der Waals surface area contributed by atoms with Crippen molar-refractivity contribution in [2.24, 2.45) is 32.9 Å². The first kappa shape index (κ1) is 64.9. The van der Waals surface area contributed by atoms with Crippen LogP contribution in [0.1, 0.15) is 83.6 Å². The third-order valence-electron chi connectivity index (χ3n) is 12.4. The summed E-state index contributed by atoms with van der Waals surface area (Å²) in [6, 6.07) is -8.73. The van der Waals surface area contributed by atoms with Crippen LogP contribution in [0.5, 0.6) is 5.75 Å². The largest absolute Gasteiger partial charge is 0.508 e. The van der Waals surface area contributed by atoms with Crippen LogP contribution in [0.25, 0.3) is 0 Å². The second-order valence-corrected chi connectivity index (χ2v) is 18.7. The Morgan fingerprint density at radius 3 is 1.92 bits per heavy atom. The van der Waals surface area contributed by atoms with Gasteiger partial charge in [-0.3, -0.25) is 78.4 Å². The minimum Gasteiger partial charge on any atom is -0.508 e. The molecule has 0 spiro atoms. The number of aliphatic hydroxyl groups is 1. The van der Waals surface area contributed by atoms with Crippen LogP contribution in [-0.4, -0.2) is 205 Å². The standard InChI is InChI=1S/C47H71N15O17/c1-23(64)38-40(74)39(73)30(19-36(69)70)57-34(66)21-54-41(75)28(7-4-16-53-47(50)51)58-43(77)33-8-5-17-61(33)44(78)29(13-14-35(67)68)55-24(2)56-32(20-37(71)72)45(79)62(26(22-63)6-3-15-52-46(48)49)60-31(42(76)59-38)18-25-9-11-27(65)12-10-25/h9-12,22-24,26,28-33,38,55-56,60,64-65H,3-8,13-21H2,1-2H3,(H,54,75)(H,57,66)(H,58,77)(H,59,76)(H,67,68)(H,69,70)(H,71,72)(H4,48,49,52)(H4,50,51,53)/t23-,24?,26-,28-,29-,30-,31-,32-,33-,38-/m0/s1. The molecule has 6 amide bonds. The molecule has 0 bridgehead atoms.